The summed E-state index contributed by atoms with van der Waals surface area (Å²) < 4.78 is 13.4. The highest BCUT2D eigenvalue weighted by Crippen LogP contribution is 2.45. The Kier molecular flexibility index (Phi) is 6.05. The van der Waals surface area contributed by atoms with Crippen LogP contribution in [-0.2, 0) is 13.1 Å². The van der Waals surface area contributed by atoms with E-state index < -0.39 is 5.79 Å². The van der Waals surface area contributed by atoms with Crippen LogP contribution in [0.3, 0.4) is 0 Å². The lowest BCUT2D eigenvalue weighted by molar-refractivity contribution is -0.0472. The van der Waals surface area contributed by atoms with Crippen molar-refractivity contribution in [3.05, 3.63) is 137 Å². The number of hydrogen-bond acceptors (Lipinski definition) is 3. The van der Waals surface area contributed by atoms with Gasteiger partial charge in [-0.05, 0) is 47.4 Å². The summed E-state index contributed by atoms with van der Waals surface area (Å²) in [6.07, 6.45) is 6.41. The standard InChI is InChI=1S/C34H31NO2/c1-25(2)31-21-29-15-9-10-16-32(29)36-34(31)20-19-28-17-18-30(22-33(28)37-34)35(23-26-11-5-3-6-12-26)24-27-13-7-4-8-14-27/h3-22,25H,23-24H2,1-2H3/t34-/m0/s1. The molecule has 4 aromatic carbocycles. The van der Waals surface area contributed by atoms with Crippen LogP contribution in [0.1, 0.15) is 36.1 Å². The Hall–Kier alpha value is -4.24. The fourth-order valence-electron chi connectivity index (χ4n) is 5.15. The normalized spacial score (nSPS) is 17.4. The summed E-state index contributed by atoms with van der Waals surface area (Å²) in [5.74, 6) is 0.982. The van der Waals surface area contributed by atoms with Crippen LogP contribution in [0, 0.1) is 5.92 Å². The maximum atomic E-state index is 6.78. The predicted octanol–water partition coefficient (Wildman–Crippen LogP) is 8.13. The molecule has 1 atom stereocenters. The maximum absolute atomic E-state index is 6.78. The quantitative estimate of drug-likeness (QED) is 0.275. The summed E-state index contributed by atoms with van der Waals surface area (Å²) in [5, 5.41) is 0. The van der Waals surface area contributed by atoms with Gasteiger partial charge in [0.05, 0.1) is 0 Å². The van der Waals surface area contributed by atoms with Crippen LogP contribution in [0.25, 0.3) is 12.2 Å². The smallest absolute Gasteiger partial charge is 0.295 e. The van der Waals surface area contributed by atoms with Crippen molar-refractivity contribution in [3.63, 3.8) is 0 Å². The molecule has 3 nitrogen and oxygen atoms in total. The molecule has 0 aliphatic carbocycles. The minimum absolute atomic E-state index is 0.260. The van der Waals surface area contributed by atoms with Gasteiger partial charge >= 0.3 is 0 Å². The van der Waals surface area contributed by atoms with Crippen LogP contribution in [-0.4, -0.2) is 5.79 Å². The minimum atomic E-state index is -0.947. The van der Waals surface area contributed by atoms with Gasteiger partial charge in [0, 0.05) is 47.6 Å². The zero-order chi connectivity index (χ0) is 25.2. The lowest BCUT2D eigenvalue weighted by Gasteiger charge is -2.41. The van der Waals surface area contributed by atoms with Crippen LogP contribution in [0.15, 0.2) is 115 Å². The van der Waals surface area contributed by atoms with Crippen molar-refractivity contribution in [2.45, 2.75) is 32.7 Å². The van der Waals surface area contributed by atoms with Gasteiger partial charge < -0.3 is 14.4 Å². The van der Waals surface area contributed by atoms with Crippen LogP contribution in [0.5, 0.6) is 11.5 Å². The van der Waals surface area contributed by atoms with Gasteiger partial charge in [0.2, 0.25) is 0 Å². The SMILES string of the molecule is CC(C)C1=Cc2ccccc2O[C@]12C=Cc1ccc(N(Cc3ccccc3)Cc3ccccc3)cc1O2. The molecule has 0 amide bonds. The Morgan fingerprint density at radius 2 is 1.30 bits per heavy atom. The van der Waals surface area contributed by atoms with E-state index in [1.807, 2.05) is 18.2 Å². The van der Waals surface area contributed by atoms with E-state index in [0.29, 0.717) is 0 Å². The summed E-state index contributed by atoms with van der Waals surface area (Å²) in [7, 11) is 0. The molecule has 0 unspecified atom stereocenters. The van der Waals surface area contributed by atoms with Gasteiger partial charge in [-0.3, -0.25) is 0 Å². The summed E-state index contributed by atoms with van der Waals surface area (Å²) in [4.78, 5) is 2.40. The van der Waals surface area contributed by atoms with E-state index in [1.165, 1.54) is 11.1 Å². The Labute approximate surface area is 219 Å². The number of para-hydroxylation sites is 1. The molecule has 2 aliphatic rings. The molecule has 3 heteroatoms. The van der Waals surface area contributed by atoms with Crippen molar-refractivity contribution in [1.29, 1.82) is 0 Å². The van der Waals surface area contributed by atoms with Gasteiger partial charge in [-0.15, -0.1) is 0 Å². The molecule has 0 bridgehead atoms. The van der Waals surface area contributed by atoms with E-state index in [2.05, 4.69) is 122 Å². The van der Waals surface area contributed by atoms with Crippen molar-refractivity contribution in [1.82, 2.24) is 0 Å². The average Bonchev–Trinajstić information content (AvgIpc) is 2.93. The van der Waals surface area contributed by atoms with Gasteiger partial charge in [0.15, 0.2) is 0 Å². The van der Waals surface area contributed by atoms with E-state index in [1.54, 1.807) is 0 Å². The van der Waals surface area contributed by atoms with E-state index in [0.717, 1.165) is 47.0 Å². The third-order valence-corrected chi connectivity index (χ3v) is 7.05. The number of benzene rings is 4. The lowest BCUT2D eigenvalue weighted by Crippen LogP contribution is -2.46. The molecule has 4 aromatic rings. The summed E-state index contributed by atoms with van der Waals surface area (Å²) in [6, 6.07) is 35.9. The highest BCUT2D eigenvalue weighted by Gasteiger charge is 2.43. The molecule has 2 heterocycles. The zero-order valence-corrected chi connectivity index (χ0v) is 21.3. The highest BCUT2D eigenvalue weighted by molar-refractivity contribution is 5.71. The Morgan fingerprint density at radius 1 is 0.676 bits per heavy atom. The molecule has 2 aliphatic heterocycles. The van der Waals surface area contributed by atoms with E-state index in [9.17, 15) is 0 Å². The number of rotatable bonds is 6. The van der Waals surface area contributed by atoms with E-state index in [-0.39, 0.29) is 5.92 Å². The van der Waals surface area contributed by atoms with Gasteiger partial charge in [-0.2, -0.15) is 0 Å². The zero-order valence-electron chi connectivity index (χ0n) is 21.3. The number of nitrogens with zero attached hydrogens (tertiary/aromatic N) is 1. The molecule has 0 saturated carbocycles. The molecule has 0 N–H and O–H groups in total. The molecule has 0 saturated heterocycles. The third-order valence-electron chi connectivity index (χ3n) is 7.05. The first-order valence-electron chi connectivity index (χ1n) is 12.9. The summed E-state index contributed by atoms with van der Waals surface area (Å²) >= 11 is 0. The molecular weight excluding hydrogens is 454 g/mol. The van der Waals surface area contributed by atoms with Gasteiger partial charge in [-0.1, -0.05) is 92.7 Å². The second-order valence-electron chi connectivity index (χ2n) is 10.0. The fraction of sp³-hybridized carbons (Fsp3) is 0.176. The van der Waals surface area contributed by atoms with Crippen LogP contribution >= 0.6 is 0 Å². The van der Waals surface area contributed by atoms with Gasteiger partial charge in [0.1, 0.15) is 11.5 Å². The molecular formula is C34H31NO2. The molecule has 6 rings (SSSR count). The average molecular weight is 486 g/mol. The van der Waals surface area contributed by atoms with Crippen molar-refractivity contribution in [3.8, 4) is 11.5 Å². The Balaban J connectivity index is 1.36. The molecule has 0 aromatic heterocycles. The topological polar surface area (TPSA) is 21.7 Å². The van der Waals surface area contributed by atoms with Crippen LogP contribution < -0.4 is 14.4 Å². The van der Waals surface area contributed by atoms with E-state index >= 15 is 0 Å². The first kappa shape index (κ1) is 23.2. The first-order chi connectivity index (χ1) is 18.1. The molecule has 0 fully saturated rings. The van der Waals surface area contributed by atoms with Crippen molar-refractivity contribution >= 4 is 17.8 Å². The van der Waals surface area contributed by atoms with Crippen LogP contribution in [0.4, 0.5) is 5.69 Å². The summed E-state index contributed by atoms with van der Waals surface area (Å²) in [5.41, 5.74) is 6.91. The van der Waals surface area contributed by atoms with Crippen molar-refractivity contribution in [2.24, 2.45) is 5.92 Å². The molecule has 0 radical (unpaired) electrons. The van der Waals surface area contributed by atoms with Crippen molar-refractivity contribution in [2.75, 3.05) is 4.90 Å². The molecule has 1 spiro atoms. The largest absolute Gasteiger partial charge is 0.444 e. The van der Waals surface area contributed by atoms with Crippen LogP contribution in [0.2, 0.25) is 0 Å². The number of anilines is 1. The Bertz CT molecular complexity index is 1410. The lowest BCUT2D eigenvalue weighted by atomic mass is 9.88. The number of fused-ring (bicyclic) bond motifs is 2. The van der Waals surface area contributed by atoms with E-state index in [4.69, 9.17) is 9.47 Å². The van der Waals surface area contributed by atoms with Crippen molar-refractivity contribution < 1.29 is 9.47 Å². The third kappa shape index (κ3) is 4.65. The fourth-order valence-corrected chi connectivity index (χ4v) is 5.15. The predicted molar refractivity (Wildman–Crippen MR) is 151 cm³/mol. The highest BCUT2D eigenvalue weighted by atomic mass is 16.7. The second-order valence-corrected chi connectivity index (χ2v) is 10.0. The molecule has 184 valence electrons. The molecule has 37 heavy (non-hydrogen) atoms. The monoisotopic (exact) mass is 485 g/mol. The Morgan fingerprint density at radius 3 is 1.97 bits per heavy atom. The summed E-state index contributed by atoms with van der Waals surface area (Å²) in [6.45, 7) is 5.98. The minimum Gasteiger partial charge on any atom is -0.444 e. The van der Waals surface area contributed by atoms with Gasteiger partial charge in [-0.25, -0.2) is 0 Å². The number of hydrogen-bond donors (Lipinski definition) is 0. The maximum Gasteiger partial charge on any atom is 0.295 e. The van der Waals surface area contributed by atoms with Gasteiger partial charge in [0.25, 0.3) is 5.79 Å². The first-order valence-corrected chi connectivity index (χ1v) is 12.9. The second kappa shape index (κ2) is 9.67. The number of ether oxygens (including phenoxy) is 2.